The van der Waals surface area contributed by atoms with Gasteiger partial charge in [-0.15, -0.1) is 0 Å². The Balaban J connectivity index is 2.00. The quantitative estimate of drug-likeness (QED) is 0.919. The molecule has 1 aromatic carbocycles. The molecule has 0 unspecified atom stereocenters. The summed E-state index contributed by atoms with van der Waals surface area (Å²) in [6.45, 7) is 7.50. The maximum atomic E-state index is 13.6. The summed E-state index contributed by atoms with van der Waals surface area (Å²) >= 11 is 0. The van der Waals surface area contributed by atoms with Crippen molar-refractivity contribution in [1.82, 2.24) is 10.2 Å². The number of nitrogens with zero attached hydrogens (tertiary/aromatic N) is 1. The van der Waals surface area contributed by atoms with Gasteiger partial charge in [-0.1, -0.05) is 25.1 Å². The highest BCUT2D eigenvalue weighted by Gasteiger charge is 2.28. The number of benzene rings is 1. The SMILES string of the molecule is C[C@@H]1CN(C(=O)[C@H](C)Cc2ccccc2F)C[C@H](C)N1. The van der Waals surface area contributed by atoms with E-state index >= 15 is 0 Å². The first kappa shape index (κ1) is 15.0. The van der Waals surface area contributed by atoms with Crippen LogP contribution >= 0.6 is 0 Å². The number of amides is 1. The summed E-state index contributed by atoms with van der Waals surface area (Å²) < 4.78 is 13.6. The molecular formula is C16H23FN2O. The Hall–Kier alpha value is -1.42. The Kier molecular flexibility index (Phi) is 4.76. The molecular weight excluding hydrogens is 255 g/mol. The highest BCUT2D eigenvalue weighted by atomic mass is 19.1. The fourth-order valence-corrected chi connectivity index (χ4v) is 2.90. The van der Waals surface area contributed by atoms with Crippen molar-refractivity contribution >= 4 is 5.91 Å². The van der Waals surface area contributed by atoms with Gasteiger partial charge in [0.15, 0.2) is 0 Å². The molecule has 2 rings (SSSR count). The van der Waals surface area contributed by atoms with Crippen LogP contribution in [-0.2, 0) is 11.2 Å². The standard InChI is InChI=1S/C16H23FN2O/c1-11(8-14-6-4-5-7-15(14)17)16(20)19-9-12(2)18-13(3)10-19/h4-7,11-13,18H,8-10H2,1-3H3/t11-,12-,13+/m1/s1. The van der Waals surface area contributed by atoms with Crippen LogP contribution in [0.15, 0.2) is 24.3 Å². The molecule has 1 heterocycles. The molecule has 0 saturated carbocycles. The van der Waals surface area contributed by atoms with Crippen LogP contribution in [0.4, 0.5) is 4.39 Å². The van der Waals surface area contributed by atoms with Gasteiger partial charge in [-0.25, -0.2) is 4.39 Å². The molecule has 1 aliphatic heterocycles. The van der Waals surface area contributed by atoms with E-state index in [-0.39, 0.29) is 17.6 Å². The summed E-state index contributed by atoms with van der Waals surface area (Å²) in [5.41, 5.74) is 0.615. The maximum Gasteiger partial charge on any atom is 0.225 e. The summed E-state index contributed by atoms with van der Waals surface area (Å²) in [4.78, 5) is 14.4. The fraction of sp³-hybridized carbons (Fsp3) is 0.562. The number of rotatable bonds is 3. The molecule has 0 radical (unpaired) electrons. The normalized spacial score (nSPS) is 24.5. The second-order valence-electron chi connectivity index (χ2n) is 5.91. The number of halogens is 1. The summed E-state index contributed by atoms with van der Waals surface area (Å²) in [5.74, 6) is -0.299. The molecule has 1 amide bonds. The highest BCUT2D eigenvalue weighted by molar-refractivity contribution is 5.79. The Labute approximate surface area is 120 Å². The molecule has 110 valence electrons. The van der Waals surface area contributed by atoms with E-state index in [1.165, 1.54) is 6.07 Å². The third kappa shape index (κ3) is 3.57. The number of hydrogen-bond acceptors (Lipinski definition) is 2. The lowest BCUT2D eigenvalue weighted by Crippen LogP contribution is -2.56. The lowest BCUT2D eigenvalue weighted by Gasteiger charge is -2.37. The number of carbonyl (C=O) groups is 1. The van der Waals surface area contributed by atoms with E-state index in [1.807, 2.05) is 17.9 Å². The summed E-state index contributed by atoms with van der Waals surface area (Å²) in [7, 11) is 0. The minimum atomic E-state index is -0.228. The van der Waals surface area contributed by atoms with Gasteiger partial charge < -0.3 is 10.2 Å². The molecule has 1 saturated heterocycles. The maximum absolute atomic E-state index is 13.6. The highest BCUT2D eigenvalue weighted by Crippen LogP contribution is 2.16. The van der Waals surface area contributed by atoms with Crippen molar-refractivity contribution in [3.05, 3.63) is 35.6 Å². The third-order valence-electron chi connectivity index (χ3n) is 3.77. The number of nitrogens with one attached hydrogen (secondary N) is 1. The predicted octanol–water partition coefficient (Wildman–Crippen LogP) is 2.21. The van der Waals surface area contributed by atoms with E-state index in [0.717, 1.165) is 13.1 Å². The second-order valence-corrected chi connectivity index (χ2v) is 5.91. The summed E-state index contributed by atoms with van der Waals surface area (Å²) in [6, 6.07) is 7.30. The Bertz CT molecular complexity index is 467. The molecule has 1 aromatic rings. The molecule has 4 heteroatoms. The van der Waals surface area contributed by atoms with Crippen LogP contribution in [0.2, 0.25) is 0 Å². The fourth-order valence-electron chi connectivity index (χ4n) is 2.90. The molecule has 0 spiro atoms. The Morgan fingerprint density at radius 1 is 1.35 bits per heavy atom. The molecule has 3 atom stereocenters. The van der Waals surface area contributed by atoms with Gasteiger partial charge >= 0.3 is 0 Å². The van der Waals surface area contributed by atoms with Crippen molar-refractivity contribution in [1.29, 1.82) is 0 Å². The predicted molar refractivity (Wildman–Crippen MR) is 77.9 cm³/mol. The van der Waals surface area contributed by atoms with Crippen LogP contribution in [0.5, 0.6) is 0 Å². The average Bonchev–Trinajstić information content (AvgIpc) is 2.39. The molecule has 1 N–H and O–H groups in total. The zero-order chi connectivity index (χ0) is 14.7. The van der Waals surface area contributed by atoms with Gasteiger partial charge in [-0.05, 0) is 31.9 Å². The van der Waals surface area contributed by atoms with Gasteiger partial charge in [-0.3, -0.25) is 4.79 Å². The van der Waals surface area contributed by atoms with Crippen LogP contribution in [-0.4, -0.2) is 36.0 Å². The van der Waals surface area contributed by atoms with Gasteiger partial charge in [0.05, 0.1) is 0 Å². The molecule has 1 aliphatic rings. The van der Waals surface area contributed by atoms with Crippen molar-refractivity contribution in [2.75, 3.05) is 13.1 Å². The van der Waals surface area contributed by atoms with Crippen LogP contribution in [0.25, 0.3) is 0 Å². The largest absolute Gasteiger partial charge is 0.339 e. The van der Waals surface area contributed by atoms with Gasteiger partial charge in [0.25, 0.3) is 0 Å². The summed E-state index contributed by atoms with van der Waals surface area (Å²) in [6.07, 6.45) is 0.457. The first-order valence-electron chi connectivity index (χ1n) is 7.25. The van der Waals surface area contributed by atoms with Crippen LogP contribution in [0.3, 0.4) is 0 Å². The smallest absolute Gasteiger partial charge is 0.225 e. The minimum absolute atomic E-state index is 0.119. The van der Waals surface area contributed by atoms with E-state index in [0.29, 0.717) is 24.1 Å². The zero-order valence-corrected chi connectivity index (χ0v) is 12.4. The lowest BCUT2D eigenvalue weighted by molar-refractivity contribution is -0.136. The van der Waals surface area contributed by atoms with Crippen molar-refractivity contribution in [3.8, 4) is 0 Å². The van der Waals surface area contributed by atoms with Crippen LogP contribution < -0.4 is 5.32 Å². The number of hydrogen-bond donors (Lipinski definition) is 1. The minimum Gasteiger partial charge on any atom is -0.339 e. The molecule has 0 bridgehead atoms. The van der Waals surface area contributed by atoms with E-state index in [9.17, 15) is 9.18 Å². The van der Waals surface area contributed by atoms with Gasteiger partial charge in [-0.2, -0.15) is 0 Å². The van der Waals surface area contributed by atoms with E-state index in [4.69, 9.17) is 0 Å². The van der Waals surface area contributed by atoms with Gasteiger partial charge in [0, 0.05) is 31.1 Å². The molecule has 20 heavy (non-hydrogen) atoms. The molecule has 1 fully saturated rings. The first-order valence-corrected chi connectivity index (χ1v) is 7.25. The molecule has 0 aromatic heterocycles. The average molecular weight is 278 g/mol. The first-order chi connectivity index (χ1) is 9.47. The monoisotopic (exact) mass is 278 g/mol. The van der Waals surface area contributed by atoms with Gasteiger partial charge in [0.2, 0.25) is 5.91 Å². The number of piperazine rings is 1. The van der Waals surface area contributed by atoms with E-state index in [1.54, 1.807) is 12.1 Å². The molecule has 3 nitrogen and oxygen atoms in total. The Morgan fingerprint density at radius 3 is 2.55 bits per heavy atom. The van der Waals surface area contributed by atoms with Crippen molar-refractivity contribution in [3.63, 3.8) is 0 Å². The third-order valence-corrected chi connectivity index (χ3v) is 3.77. The number of carbonyl (C=O) groups excluding carboxylic acids is 1. The van der Waals surface area contributed by atoms with Crippen LogP contribution in [0, 0.1) is 11.7 Å². The van der Waals surface area contributed by atoms with Crippen LogP contribution in [0.1, 0.15) is 26.3 Å². The van der Waals surface area contributed by atoms with E-state index < -0.39 is 0 Å². The van der Waals surface area contributed by atoms with E-state index in [2.05, 4.69) is 19.2 Å². The van der Waals surface area contributed by atoms with Crippen molar-refractivity contribution < 1.29 is 9.18 Å². The molecule has 0 aliphatic carbocycles. The topological polar surface area (TPSA) is 32.3 Å². The van der Waals surface area contributed by atoms with Crippen molar-refractivity contribution in [2.45, 2.75) is 39.3 Å². The summed E-state index contributed by atoms with van der Waals surface area (Å²) in [5, 5.41) is 3.41. The Morgan fingerprint density at radius 2 is 1.95 bits per heavy atom. The second kappa shape index (κ2) is 6.35. The zero-order valence-electron chi connectivity index (χ0n) is 12.4. The lowest BCUT2D eigenvalue weighted by atomic mass is 9.98. The van der Waals surface area contributed by atoms with Gasteiger partial charge in [0.1, 0.15) is 5.82 Å². The van der Waals surface area contributed by atoms with Crippen molar-refractivity contribution in [2.24, 2.45) is 5.92 Å².